The van der Waals surface area contributed by atoms with Crippen LogP contribution in [0.15, 0.2) is 0 Å². The second-order valence-electron chi connectivity index (χ2n) is 3.65. The Morgan fingerprint density at radius 3 is 2.57 bits per heavy atom. The molecule has 2 atom stereocenters. The molecule has 0 aliphatic carbocycles. The summed E-state index contributed by atoms with van der Waals surface area (Å²) in [5.41, 5.74) is 0. The molecule has 0 aromatic rings. The van der Waals surface area contributed by atoms with Crippen LogP contribution in [0.5, 0.6) is 0 Å². The number of amides is 1. The van der Waals surface area contributed by atoms with Crippen LogP contribution in [-0.4, -0.2) is 37.6 Å². The van der Waals surface area contributed by atoms with Gasteiger partial charge in [-0.25, -0.2) is 0 Å². The van der Waals surface area contributed by atoms with Gasteiger partial charge in [0.2, 0.25) is 5.91 Å². The minimum absolute atomic E-state index is 0.0525. The zero-order chi connectivity index (χ0) is 11.0. The van der Waals surface area contributed by atoms with E-state index in [-0.39, 0.29) is 17.9 Å². The molecule has 3 nitrogen and oxygen atoms in total. The summed E-state index contributed by atoms with van der Waals surface area (Å²) in [6.07, 6.45) is 3.12. The number of carbonyl (C=O) groups excluding carboxylic acids is 1. The van der Waals surface area contributed by atoms with Gasteiger partial charge >= 0.3 is 0 Å². The standard InChI is InChI=1S/C10H22N2OS/c1-8(7-11-3)10(13)12-9(2)5-6-14-4/h8-9,11H,5-7H2,1-4H3,(H,12,13). The Hall–Kier alpha value is -0.220. The van der Waals surface area contributed by atoms with Gasteiger partial charge in [0.05, 0.1) is 0 Å². The third-order valence-electron chi connectivity index (χ3n) is 2.10. The van der Waals surface area contributed by atoms with Crippen LogP contribution >= 0.6 is 11.8 Å². The predicted octanol–water partition coefficient (Wildman–Crippen LogP) is 1.10. The molecule has 2 unspecified atom stereocenters. The van der Waals surface area contributed by atoms with Gasteiger partial charge in [-0.15, -0.1) is 0 Å². The van der Waals surface area contributed by atoms with E-state index in [9.17, 15) is 4.79 Å². The number of hydrogen-bond donors (Lipinski definition) is 2. The van der Waals surface area contributed by atoms with Crippen molar-refractivity contribution in [3.8, 4) is 0 Å². The van der Waals surface area contributed by atoms with E-state index in [4.69, 9.17) is 0 Å². The Kier molecular flexibility index (Phi) is 7.99. The first-order valence-electron chi connectivity index (χ1n) is 5.05. The average Bonchev–Trinajstić information content (AvgIpc) is 2.15. The number of hydrogen-bond acceptors (Lipinski definition) is 3. The molecule has 0 aliphatic rings. The first-order valence-corrected chi connectivity index (χ1v) is 6.45. The predicted molar refractivity (Wildman–Crippen MR) is 63.7 cm³/mol. The number of carbonyl (C=O) groups is 1. The van der Waals surface area contributed by atoms with Crippen LogP contribution in [0.1, 0.15) is 20.3 Å². The molecule has 2 N–H and O–H groups in total. The fourth-order valence-corrected chi connectivity index (χ4v) is 1.74. The van der Waals surface area contributed by atoms with Gasteiger partial charge in [0.15, 0.2) is 0 Å². The van der Waals surface area contributed by atoms with Gasteiger partial charge in [-0.2, -0.15) is 11.8 Å². The van der Waals surface area contributed by atoms with Crippen molar-refractivity contribution in [2.75, 3.05) is 25.6 Å². The molecule has 0 aromatic carbocycles. The van der Waals surface area contributed by atoms with E-state index in [1.807, 2.05) is 25.7 Å². The highest BCUT2D eigenvalue weighted by molar-refractivity contribution is 7.98. The maximum atomic E-state index is 11.5. The van der Waals surface area contributed by atoms with Crippen molar-refractivity contribution >= 4 is 17.7 Å². The topological polar surface area (TPSA) is 41.1 Å². The van der Waals surface area contributed by atoms with E-state index >= 15 is 0 Å². The Morgan fingerprint density at radius 1 is 1.43 bits per heavy atom. The molecule has 4 heteroatoms. The summed E-state index contributed by atoms with van der Waals surface area (Å²) in [7, 11) is 1.86. The molecule has 1 amide bonds. The van der Waals surface area contributed by atoms with Crippen molar-refractivity contribution in [3.05, 3.63) is 0 Å². The monoisotopic (exact) mass is 218 g/mol. The van der Waals surface area contributed by atoms with Crippen LogP contribution in [0.2, 0.25) is 0 Å². The highest BCUT2D eigenvalue weighted by Gasteiger charge is 2.13. The number of thioether (sulfide) groups is 1. The van der Waals surface area contributed by atoms with Crippen molar-refractivity contribution in [2.45, 2.75) is 26.3 Å². The molecule has 0 bridgehead atoms. The lowest BCUT2D eigenvalue weighted by molar-refractivity contribution is -0.124. The summed E-state index contributed by atoms with van der Waals surface area (Å²) in [4.78, 5) is 11.5. The van der Waals surface area contributed by atoms with Crippen molar-refractivity contribution in [3.63, 3.8) is 0 Å². The second-order valence-corrected chi connectivity index (χ2v) is 4.64. The highest BCUT2D eigenvalue weighted by Crippen LogP contribution is 2.01. The molecule has 0 fully saturated rings. The largest absolute Gasteiger partial charge is 0.353 e. The molecular weight excluding hydrogens is 196 g/mol. The van der Waals surface area contributed by atoms with Crippen molar-refractivity contribution in [1.29, 1.82) is 0 Å². The van der Waals surface area contributed by atoms with E-state index in [2.05, 4.69) is 23.8 Å². The minimum Gasteiger partial charge on any atom is -0.353 e. The molecule has 0 aromatic heterocycles. The average molecular weight is 218 g/mol. The minimum atomic E-state index is 0.0525. The lowest BCUT2D eigenvalue weighted by Crippen LogP contribution is -2.39. The van der Waals surface area contributed by atoms with Crippen molar-refractivity contribution in [1.82, 2.24) is 10.6 Å². The fraction of sp³-hybridized carbons (Fsp3) is 0.900. The van der Waals surface area contributed by atoms with Gasteiger partial charge < -0.3 is 10.6 Å². The third kappa shape index (κ3) is 6.27. The van der Waals surface area contributed by atoms with Gasteiger partial charge in [0.1, 0.15) is 0 Å². The van der Waals surface area contributed by atoms with Crippen LogP contribution < -0.4 is 10.6 Å². The van der Waals surface area contributed by atoms with Crippen LogP contribution in [0.25, 0.3) is 0 Å². The van der Waals surface area contributed by atoms with Gasteiger partial charge in [0, 0.05) is 18.5 Å². The normalized spacial score (nSPS) is 14.9. The molecule has 0 saturated carbocycles. The molecule has 0 spiro atoms. The summed E-state index contributed by atoms with van der Waals surface area (Å²) in [5, 5.41) is 6.01. The summed E-state index contributed by atoms with van der Waals surface area (Å²) in [6, 6.07) is 0.286. The van der Waals surface area contributed by atoms with Gasteiger partial charge in [-0.1, -0.05) is 6.92 Å². The first kappa shape index (κ1) is 13.8. The first-order chi connectivity index (χ1) is 6.61. The Balaban J connectivity index is 3.69. The Labute approximate surface area is 91.4 Å². The van der Waals surface area contributed by atoms with E-state index in [1.165, 1.54) is 0 Å². The van der Waals surface area contributed by atoms with Crippen LogP contribution in [0.4, 0.5) is 0 Å². The molecule has 0 radical (unpaired) electrons. The maximum Gasteiger partial charge on any atom is 0.224 e. The molecular formula is C10H22N2OS. The van der Waals surface area contributed by atoms with Crippen molar-refractivity contribution in [2.24, 2.45) is 5.92 Å². The Morgan fingerprint density at radius 2 is 2.07 bits per heavy atom. The van der Waals surface area contributed by atoms with Gasteiger partial charge in [-0.3, -0.25) is 4.79 Å². The number of rotatable bonds is 7. The van der Waals surface area contributed by atoms with Crippen LogP contribution in [0.3, 0.4) is 0 Å². The molecule has 0 saturated heterocycles. The van der Waals surface area contributed by atoms with E-state index < -0.39 is 0 Å². The zero-order valence-electron chi connectivity index (χ0n) is 9.59. The van der Waals surface area contributed by atoms with Crippen LogP contribution in [0, 0.1) is 5.92 Å². The van der Waals surface area contributed by atoms with Crippen molar-refractivity contribution < 1.29 is 4.79 Å². The van der Waals surface area contributed by atoms with E-state index in [0.29, 0.717) is 0 Å². The summed E-state index contributed by atoms with van der Waals surface area (Å²) in [6.45, 7) is 4.73. The molecule has 0 aliphatic heterocycles. The van der Waals surface area contributed by atoms with E-state index in [0.717, 1.165) is 18.7 Å². The summed E-state index contributed by atoms with van der Waals surface area (Å²) in [5.74, 6) is 1.30. The summed E-state index contributed by atoms with van der Waals surface area (Å²) >= 11 is 1.81. The second kappa shape index (κ2) is 8.12. The summed E-state index contributed by atoms with van der Waals surface area (Å²) < 4.78 is 0. The van der Waals surface area contributed by atoms with E-state index in [1.54, 1.807) is 0 Å². The van der Waals surface area contributed by atoms with Gasteiger partial charge in [-0.05, 0) is 32.4 Å². The fourth-order valence-electron chi connectivity index (χ4n) is 1.15. The Bertz CT molecular complexity index is 164. The SMILES string of the molecule is CNCC(C)C(=O)NC(C)CCSC. The van der Waals surface area contributed by atoms with Gasteiger partial charge in [0.25, 0.3) is 0 Å². The molecule has 0 heterocycles. The third-order valence-corrected chi connectivity index (χ3v) is 2.75. The lowest BCUT2D eigenvalue weighted by atomic mass is 10.1. The highest BCUT2D eigenvalue weighted by atomic mass is 32.2. The maximum absolute atomic E-state index is 11.5. The lowest BCUT2D eigenvalue weighted by Gasteiger charge is -2.16. The zero-order valence-corrected chi connectivity index (χ0v) is 10.4. The molecule has 14 heavy (non-hydrogen) atoms. The molecule has 0 rings (SSSR count). The quantitative estimate of drug-likeness (QED) is 0.672. The smallest absolute Gasteiger partial charge is 0.224 e. The molecule has 84 valence electrons. The van der Waals surface area contributed by atoms with Crippen LogP contribution in [-0.2, 0) is 4.79 Å². The number of nitrogens with one attached hydrogen (secondary N) is 2.